The molecule has 0 fully saturated rings. The molecule has 0 aliphatic carbocycles. The molecule has 4 heteroatoms. The number of aromatic amines is 1. The molecule has 1 aromatic heterocycles. The highest BCUT2D eigenvalue weighted by atomic mass is 16.1. The van der Waals surface area contributed by atoms with Crippen molar-refractivity contribution in [3.05, 3.63) is 36.0 Å². The van der Waals surface area contributed by atoms with E-state index in [0.29, 0.717) is 18.2 Å². The first-order chi connectivity index (χ1) is 8.70. The van der Waals surface area contributed by atoms with E-state index in [0.717, 1.165) is 17.4 Å². The zero-order valence-electron chi connectivity index (χ0n) is 10.8. The Balaban J connectivity index is 2.00. The Hall–Kier alpha value is -1.81. The average Bonchev–Trinajstić information content (AvgIpc) is 2.80. The van der Waals surface area contributed by atoms with Crippen molar-refractivity contribution in [1.82, 2.24) is 15.6 Å². The van der Waals surface area contributed by atoms with Gasteiger partial charge in [0.25, 0.3) is 5.91 Å². The number of benzene rings is 1. The van der Waals surface area contributed by atoms with Crippen LogP contribution in [0.3, 0.4) is 0 Å². The molecule has 1 atom stereocenters. The van der Waals surface area contributed by atoms with Gasteiger partial charge >= 0.3 is 0 Å². The van der Waals surface area contributed by atoms with Gasteiger partial charge in [0, 0.05) is 17.4 Å². The Bertz CT molecular complexity index is 500. The second-order valence-corrected chi connectivity index (χ2v) is 4.64. The number of amides is 1. The van der Waals surface area contributed by atoms with Crippen molar-refractivity contribution < 1.29 is 4.79 Å². The minimum atomic E-state index is -0.0471. The first-order valence-electron chi connectivity index (χ1n) is 6.21. The van der Waals surface area contributed by atoms with Gasteiger partial charge in [-0.1, -0.05) is 25.1 Å². The lowest BCUT2D eigenvalue weighted by Crippen LogP contribution is -2.32. The number of hydrogen-bond acceptors (Lipinski definition) is 2. The van der Waals surface area contributed by atoms with E-state index < -0.39 is 0 Å². The van der Waals surface area contributed by atoms with Gasteiger partial charge in [-0.15, -0.1) is 0 Å². The van der Waals surface area contributed by atoms with Crippen LogP contribution in [0.15, 0.2) is 30.3 Å². The molecular weight excluding hydrogens is 226 g/mol. The molecule has 0 saturated heterocycles. The molecule has 1 heterocycles. The minimum absolute atomic E-state index is 0.0471. The van der Waals surface area contributed by atoms with Crippen molar-refractivity contribution in [3.63, 3.8) is 0 Å². The molecule has 18 heavy (non-hydrogen) atoms. The summed E-state index contributed by atoms with van der Waals surface area (Å²) in [6.45, 7) is 3.67. The van der Waals surface area contributed by atoms with Crippen molar-refractivity contribution >= 4 is 16.8 Å². The molecule has 0 radical (unpaired) electrons. The van der Waals surface area contributed by atoms with Gasteiger partial charge in [-0.05, 0) is 31.6 Å². The number of para-hydroxylation sites is 1. The van der Waals surface area contributed by atoms with Crippen LogP contribution in [0.4, 0.5) is 0 Å². The van der Waals surface area contributed by atoms with Crippen LogP contribution in [0, 0.1) is 5.92 Å². The number of aromatic nitrogens is 1. The first kappa shape index (κ1) is 12.6. The summed E-state index contributed by atoms with van der Waals surface area (Å²) in [6, 6.07) is 9.76. The fourth-order valence-electron chi connectivity index (χ4n) is 1.98. The van der Waals surface area contributed by atoms with Crippen LogP contribution in [0.25, 0.3) is 10.9 Å². The molecular formula is C14H19N3O. The summed E-state index contributed by atoms with van der Waals surface area (Å²) in [5.74, 6) is 0.373. The predicted octanol–water partition coefficient (Wildman–Crippen LogP) is 1.75. The van der Waals surface area contributed by atoms with Gasteiger partial charge in [-0.25, -0.2) is 0 Å². The van der Waals surface area contributed by atoms with Gasteiger partial charge in [-0.3, -0.25) is 4.79 Å². The van der Waals surface area contributed by atoms with Gasteiger partial charge in [0.1, 0.15) is 5.69 Å². The largest absolute Gasteiger partial charge is 0.351 e. The highest BCUT2D eigenvalue weighted by molar-refractivity contribution is 5.97. The van der Waals surface area contributed by atoms with Crippen molar-refractivity contribution in [2.75, 3.05) is 20.1 Å². The molecule has 1 unspecified atom stereocenters. The number of hydrogen-bond donors (Lipinski definition) is 3. The van der Waals surface area contributed by atoms with Crippen molar-refractivity contribution in [3.8, 4) is 0 Å². The summed E-state index contributed by atoms with van der Waals surface area (Å²) in [5.41, 5.74) is 1.61. The van der Waals surface area contributed by atoms with Gasteiger partial charge < -0.3 is 15.6 Å². The Morgan fingerprint density at radius 3 is 2.83 bits per heavy atom. The number of carbonyl (C=O) groups is 1. The molecule has 96 valence electrons. The van der Waals surface area contributed by atoms with Crippen molar-refractivity contribution in [1.29, 1.82) is 0 Å². The highest BCUT2D eigenvalue weighted by Gasteiger charge is 2.10. The van der Waals surface area contributed by atoms with Crippen LogP contribution < -0.4 is 10.6 Å². The minimum Gasteiger partial charge on any atom is -0.351 e. The summed E-state index contributed by atoms with van der Waals surface area (Å²) in [5, 5.41) is 7.09. The van der Waals surface area contributed by atoms with Gasteiger partial charge in [0.2, 0.25) is 0 Å². The van der Waals surface area contributed by atoms with Crippen LogP contribution in [-0.2, 0) is 0 Å². The zero-order chi connectivity index (χ0) is 13.0. The Kier molecular flexibility index (Phi) is 3.99. The van der Waals surface area contributed by atoms with Crippen LogP contribution in [0.5, 0.6) is 0 Å². The van der Waals surface area contributed by atoms with E-state index in [2.05, 4.69) is 22.5 Å². The lowest BCUT2D eigenvalue weighted by molar-refractivity contribution is 0.0944. The maximum absolute atomic E-state index is 12.0. The monoisotopic (exact) mass is 245 g/mol. The topological polar surface area (TPSA) is 56.9 Å². The molecule has 0 aliphatic rings. The Morgan fingerprint density at radius 1 is 1.33 bits per heavy atom. The number of nitrogens with one attached hydrogen (secondary N) is 3. The summed E-state index contributed by atoms with van der Waals surface area (Å²) in [6.07, 6.45) is 0. The molecule has 4 nitrogen and oxygen atoms in total. The third kappa shape index (κ3) is 2.90. The quantitative estimate of drug-likeness (QED) is 0.751. The van der Waals surface area contributed by atoms with E-state index in [1.54, 1.807) is 0 Å². The molecule has 0 saturated carbocycles. The summed E-state index contributed by atoms with van der Waals surface area (Å²) in [7, 11) is 1.91. The van der Waals surface area contributed by atoms with E-state index in [1.807, 2.05) is 37.4 Å². The van der Waals surface area contributed by atoms with Crippen molar-refractivity contribution in [2.45, 2.75) is 6.92 Å². The smallest absolute Gasteiger partial charge is 0.267 e. The van der Waals surface area contributed by atoms with E-state index in [1.165, 1.54) is 0 Å². The fourth-order valence-corrected chi connectivity index (χ4v) is 1.98. The van der Waals surface area contributed by atoms with Gasteiger partial charge in [-0.2, -0.15) is 0 Å². The lowest BCUT2D eigenvalue weighted by atomic mass is 10.2. The molecule has 3 N–H and O–H groups in total. The number of fused-ring (bicyclic) bond motifs is 1. The number of carbonyl (C=O) groups excluding carboxylic acids is 1. The predicted molar refractivity (Wildman–Crippen MR) is 73.7 cm³/mol. The molecule has 0 spiro atoms. The molecule has 0 aliphatic heterocycles. The molecule has 1 aromatic carbocycles. The summed E-state index contributed by atoms with van der Waals surface area (Å²) < 4.78 is 0. The van der Waals surface area contributed by atoms with Crippen molar-refractivity contribution in [2.24, 2.45) is 5.92 Å². The Morgan fingerprint density at radius 2 is 2.11 bits per heavy atom. The van der Waals surface area contributed by atoms with E-state index in [9.17, 15) is 4.79 Å². The standard InChI is InChI=1S/C14H19N3O/c1-10(8-15-2)9-16-14(18)13-7-11-5-3-4-6-12(11)17-13/h3-7,10,15,17H,8-9H2,1-2H3,(H,16,18). The van der Waals surface area contributed by atoms with Crippen LogP contribution in [-0.4, -0.2) is 31.0 Å². The third-order valence-electron chi connectivity index (χ3n) is 2.94. The number of H-pyrrole nitrogens is 1. The molecule has 2 rings (SSSR count). The van der Waals surface area contributed by atoms with Crippen LogP contribution in [0.2, 0.25) is 0 Å². The average molecular weight is 245 g/mol. The normalized spacial score (nSPS) is 12.6. The van der Waals surface area contributed by atoms with E-state index in [4.69, 9.17) is 0 Å². The SMILES string of the molecule is CNCC(C)CNC(=O)c1cc2ccccc2[nH]1. The molecule has 2 aromatic rings. The maximum atomic E-state index is 12.0. The third-order valence-corrected chi connectivity index (χ3v) is 2.94. The fraction of sp³-hybridized carbons (Fsp3) is 0.357. The first-order valence-corrected chi connectivity index (χ1v) is 6.21. The maximum Gasteiger partial charge on any atom is 0.267 e. The molecule has 1 amide bonds. The molecule has 0 bridgehead atoms. The Labute approximate surface area is 107 Å². The van der Waals surface area contributed by atoms with Crippen LogP contribution >= 0.6 is 0 Å². The zero-order valence-corrected chi connectivity index (χ0v) is 10.8. The van der Waals surface area contributed by atoms with E-state index in [-0.39, 0.29) is 5.91 Å². The van der Waals surface area contributed by atoms with Crippen LogP contribution in [0.1, 0.15) is 17.4 Å². The van der Waals surface area contributed by atoms with Gasteiger partial charge in [0.15, 0.2) is 0 Å². The van der Waals surface area contributed by atoms with Gasteiger partial charge in [0.05, 0.1) is 0 Å². The second-order valence-electron chi connectivity index (χ2n) is 4.64. The lowest BCUT2D eigenvalue weighted by Gasteiger charge is -2.11. The summed E-state index contributed by atoms with van der Waals surface area (Å²) >= 11 is 0. The summed E-state index contributed by atoms with van der Waals surface area (Å²) in [4.78, 5) is 15.1. The van der Waals surface area contributed by atoms with E-state index >= 15 is 0 Å². The number of rotatable bonds is 5. The highest BCUT2D eigenvalue weighted by Crippen LogP contribution is 2.14. The second kappa shape index (κ2) is 5.69.